The summed E-state index contributed by atoms with van der Waals surface area (Å²) in [5.74, 6) is -0.182. The lowest BCUT2D eigenvalue weighted by molar-refractivity contribution is -0.149. The van der Waals surface area contributed by atoms with E-state index in [1.807, 2.05) is 30.3 Å². The molecule has 0 aliphatic carbocycles. The zero-order valence-corrected chi connectivity index (χ0v) is 10.5. The molecule has 1 amide bonds. The van der Waals surface area contributed by atoms with Crippen molar-refractivity contribution in [2.45, 2.75) is 25.9 Å². The predicted octanol–water partition coefficient (Wildman–Crippen LogP) is 1.91. The van der Waals surface area contributed by atoms with Gasteiger partial charge in [0.25, 0.3) is 0 Å². The van der Waals surface area contributed by atoms with Crippen molar-refractivity contribution in [1.29, 1.82) is 0 Å². The number of amides is 1. The predicted molar refractivity (Wildman–Crippen MR) is 66.8 cm³/mol. The Hall–Kier alpha value is -1.84. The maximum Gasteiger partial charge on any atom is 0.303 e. The topological polar surface area (TPSA) is 46.6 Å². The number of hydrogen-bond donors (Lipinski definition) is 0. The van der Waals surface area contributed by atoms with Crippen molar-refractivity contribution in [3.63, 3.8) is 0 Å². The van der Waals surface area contributed by atoms with Gasteiger partial charge in [0.05, 0.1) is 6.54 Å². The van der Waals surface area contributed by atoms with Crippen LogP contribution in [0.1, 0.15) is 31.4 Å². The van der Waals surface area contributed by atoms with Crippen molar-refractivity contribution in [3.8, 4) is 0 Å². The van der Waals surface area contributed by atoms with E-state index in [2.05, 4.69) is 0 Å². The fourth-order valence-corrected chi connectivity index (χ4v) is 2.18. The summed E-state index contributed by atoms with van der Waals surface area (Å²) in [6.07, 6.45) is 1.12. The van der Waals surface area contributed by atoms with Crippen molar-refractivity contribution < 1.29 is 14.3 Å². The molecule has 0 aromatic heterocycles. The highest BCUT2D eigenvalue weighted by Crippen LogP contribution is 2.21. The van der Waals surface area contributed by atoms with Crippen molar-refractivity contribution in [2.24, 2.45) is 0 Å². The monoisotopic (exact) mass is 247 g/mol. The molecule has 0 radical (unpaired) electrons. The summed E-state index contributed by atoms with van der Waals surface area (Å²) in [4.78, 5) is 24.5. The Bertz CT molecular complexity index is 430. The van der Waals surface area contributed by atoms with Crippen LogP contribution < -0.4 is 0 Å². The molecule has 1 aliphatic heterocycles. The fraction of sp³-hybridized carbons (Fsp3) is 0.429. The second-order valence-electron chi connectivity index (χ2n) is 4.45. The quantitative estimate of drug-likeness (QED) is 0.764. The molecule has 4 heteroatoms. The molecule has 0 spiro atoms. The lowest BCUT2D eigenvalue weighted by Crippen LogP contribution is -2.31. The van der Waals surface area contributed by atoms with Crippen molar-refractivity contribution in [3.05, 3.63) is 35.9 Å². The number of benzene rings is 1. The van der Waals surface area contributed by atoms with E-state index in [1.165, 1.54) is 6.92 Å². The van der Waals surface area contributed by atoms with Crippen LogP contribution in [0.3, 0.4) is 0 Å². The molecular formula is C14H17NO3. The van der Waals surface area contributed by atoms with E-state index in [0.29, 0.717) is 13.0 Å². The number of carbonyl (C=O) groups excluding carboxylic acids is 2. The zero-order chi connectivity index (χ0) is 13.0. The first-order chi connectivity index (χ1) is 8.66. The molecule has 96 valence electrons. The minimum absolute atomic E-state index is 0.142. The van der Waals surface area contributed by atoms with E-state index in [9.17, 15) is 9.59 Å². The first kappa shape index (κ1) is 12.6. The second-order valence-corrected chi connectivity index (χ2v) is 4.45. The lowest BCUT2D eigenvalue weighted by Gasteiger charge is -2.23. The Morgan fingerprint density at radius 3 is 2.67 bits per heavy atom. The summed E-state index contributed by atoms with van der Waals surface area (Å²) in [6.45, 7) is 2.59. The highest BCUT2D eigenvalue weighted by Gasteiger charge is 2.25. The number of hydrogen-bond acceptors (Lipinski definition) is 3. The van der Waals surface area contributed by atoms with Gasteiger partial charge in [-0.15, -0.1) is 0 Å². The lowest BCUT2D eigenvalue weighted by atomic mass is 10.1. The molecule has 1 aromatic carbocycles. The van der Waals surface area contributed by atoms with Gasteiger partial charge in [-0.25, -0.2) is 0 Å². The van der Waals surface area contributed by atoms with Crippen LogP contribution in [-0.4, -0.2) is 29.9 Å². The van der Waals surface area contributed by atoms with Crippen molar-refractivity contribution in [1.82, 2.24) is 4.90 Å². The Labute approximate surface area is 107 Å². The van der Waals surface area contributed by atoms with Crippen LogP contribution in [0.25, 0.3) is 0 Å². The fourth-order valence-electron chi connectivity index (χ4n) is 2.18. The molecule has 18 heavy (non-hydrogen) atoms. The Kier molecular flexibility index (Phi) is 3.97. The molecule has 0 saturated carbocycles. The van der Waals surface area contributed by atoms with Crippen LogP contribution >= 0.6 is 0 Å². The van der Waals surface area contributed by atoms with Gasteiger partial charge in [0.15, 0.2) is 0 Å². The van der Waals surface area contributed by atoms with Crippen molar-refractivity contribution in [2.75, 3.05) is 13.1 Å². The maximum atomic E-state index is 11.6. The molecule has 0 bridgehead atoms. The minimum Gasteiger partial charge on any atom is -0.456 e. The van der Waals surface area contributed by atoms with E-state index in [0.717, 1.165) is 18.5 Å². The molecule has 1 fully saturated rings. The van der Waals surface area contributed by atoms with E-state index in [1.54, 1.807) is 4.90 Å². The maximum absolute atomic E-state index is 11.6. The number of likely N-dealkylation sites (tertiary alicyclic amines) is 1. The normalized spacial score (nSPS) is 16.7. The van der Waals surface area contributed by atoms with Gasteiger partial charge in [-0.05, 0) is 12.0 Å². The molecule has 1 unspecified atom stereocenters. The number of ether oxygens (including phenoxy) is 1. The average molecular weight is 247 g/mol. The standard InChI is InChI=1S/C14H17NO3/c1-11(16)18-13(12-6-3-2-4-7-12)10-15-9-5-8-14(15)17/h2-4,6-7,13H,5,8-10H2,1H3. The highest BCUT2D eigenvalue weighted by molar-refractivity contribution is 5.78. The molecule has 1 aliphatic rings. The summed E-state index contributed by atoms with van der Waals surface area (Å²) < 4.78 is 5.31. The summed E-state index contributed by atoms with van der Waals surface area (Å²) in [6, 6.07) is 9.53. The van der Waals surface area contributed by atoms with Gasteiger partial charge in [-0.2, -0.15) is 0 Å². The van der Waals surface area contributed by atoms with Crippen LogP contribution in [0, 0.1) is 0 Å². The molecule has 4 nitrogen and oxygen atoms in total. The van der Waals surface area contributed by atoms with Crippen LogP contribution in [0.4, 0.5) is 0 Å². The first-order valence-corrected chi connectivity index (χ1v) is 6.17. The Morgan fingerprint density at radius 2 is 2.11 bits per heavy atom. The molecular weight excluding hydrogens is 230 g/mol. The summed E-state index contributed by atoms with van der Waals surface area (Å²) in [5.41, 5.74) is 0.924. The third-order valence-electron chi connectivity index (χ3n) is 3.04. The number of nitrogens with zero attached hydrogens (tertiary/aromatic N) is 1. The SMILES string of the molecule is CC(=O)OC(CN1CCCC1=O)c1ccccc1. The summed E-state index contributed by atoms with van der Waals surface area (Å²) in [7, 11) is 0. The number of carbonyl (C=O) groups is 2. The van der Waals surface area contributed by atoms with Gasteiger partial charge in [0.2, 0.25) is 5.91 Å². The van der Waals surface area contributed by atoms with Crippen LogP contribution in [0.5, 0.6) is 0 Å². The number of rotatable bonds is 4. The van der Waals surface area contributed by atoms with Gasteiger partial charge >= 0.3 is 5.97 Å². The summed E-state index contributed by atoms with van der Waals surface area (Å²) >= 11 is 0. The van der Waals surface area contributed by atoms with Gasteiger partial charge in [-0.1, -0.05) is 30.3 Å². The average Bonchev–Trinajstić information content (AvgIpc) is 2.75. The third kappa shape index (κ3) is 3.09. The largest absolute Gasteiger partial charge is 0.456 e. The molecule has 1 heterocycles. The van der Waals surface area contributed by atoms with Crippen LogP contribution in [0.15, 0.2) is 30.3 Å². The minimum atomic E-state index is -0.370. The molecule has 1 saturated heterocycles. The van der Waals surface area contributed by atoms with Crippen molar-refractivity contribution >= 4 is 11.9 Å². The smallest absolute Gasteiger partial charge is 0.303 e. The zero-order valence-electron chi connectivity index (χ0n) is 10.5. The van der Waals surface area contributed by atoms with Crippen LogP contribution in [0.2, 0.25) is 0 Å². The first-order valence-electron chi connectivity index (χ1n) is 6.17. The number of esters is 1. The van der Waals surface area contributed by atoms with E-state index in [4.69, 9.17) is 4.74 Å². The Morgan fingerprint density at radius 1 is 1.39 bits per heavy atom. The highest BCUT2D eigenvalue weighted by atomic mass is 16.5. The molecule has 2 rings (SSSR count). The second kappa shape index (κ2) is 5.67. The van der Waals surface area contributed by atoms with E-state index < -0.39 is 0 Å². The molecule has 1 aromatic rings. The van der Waals surface area contributed by atoms with Crippen LogP contribution in [-0.2, 0) is 14.3 Å². The van der Waals surface area contributed by atoms with Gasteiger partial charge in [-0.3, -0.25) is 9.59 Å². The molecule has 1 atom stereocenters. The van der Waals surface area contributed by atoms with E-state index in [-0.39, 0.29) is 18.0 Å². The third-order valence-corrected chi connectivity index (χ3v) is 3.04. The molecule has 0 N–H and O–H groups in total. The van der Waals surface area contributed by atoms with Gasteiger partial charge in [0, 0.05) is 19.9 Å². The summed E-state index contributed by atoms with van der Waals surface area (Å²) in [5, 5.41) is 0. The Balaban J connectivity index is 2.10. The van der Waals surface area contributed by atoms with E-state index >= 15 is 0 Å². The van der Waals surface area contributed by atoms with Gasteiger partial charge < -0.3 is 9.64 Å². The van der Waals surface area contributed by atoms with Gasteiger partial charge in [0.1, 0.15) is 6.10 Å².